The van der Waals surface area contributed by atoms with Crippen molar-refractivity contribution in [3.8, 4) is 0 Å². The van der Waals surface area contributed by atoms with Crippen molar-refractivity contribution in [2.24, 2.45) is 5.92 Å². The number of piperazine rings is 1. The molecule has 1 aromatic rings. The van der Waals surface area contributed by atoms with E-state index < -0.39 is 17.7 Å². The van der Waals surface area contributed by atoms with Gasteiger partial charge in [0.05, 0.1) is 5.69 Å². The molecular formula is C16H18F2N2O2. The van der Waals surface area contributed by atoms with Crippen molar-refractivity contribution in [3.05, 3.63) is 29.8 Å². The number of amides is 2. The first kappa shape index (κ1) is 14.9. The lowest BCUT2D eigenvalue weighted by Gasteiger charge is -2.41. The maximum atomic E-state index is 13.9. The third-order valence-electron chi connectivity index (χ3n) is 4.59. The van der Waals surface area contributed by atoms with E-state index in [9.17, 15) is 18.4 Å². The molecule has 1 aliphatic heterocycles. The molecular weight excluding hydrogens is 290 g/mol. The molecule has 0 bridgehead atoms. The van der Waals surface area contributed by atoms with Crippen LogP contribution in [0.2, 0.25) is 0 Å². The fourth-order valence-corrected chi connectivity index (χ4v) is 3.00. The Balaban J connectivity index is 1.78. The number of rotatable bonds is 2. The molecule has 0 aromatic heterocycles. The van der Waals surface area contributed by atoms with E-state index in [0.29, 0.717) is 6.54 Å². The maximum Gasteiger partial charge on any atom is 0.249 e. The molecule has 0 spiro atoms. The molecule has 3 rings (SSSR count). The minimum Gasteiger partial charge on any atom is -0.329 e. The average molecular weight is 308 g/mol. The van der Waals surface area contributed by atoms with Gasteiger partial charge in [-0.15, -0.1) is 0 Å². The molecule has 0 radical (unpaired) electrons. The number of halogens is 2. The van der Waals surface area contributed by atoms with Gasteiger partial charge >= 0.3 is 0 Å². The van der Waals surface area contributed by atoms with Crippen LogP contribution in [0.4, 0.5) is 14.5 Å². The Morgan fingerprint density at radius 3 is 2.55 bits per heavy atom. The lowest BCUT2D eigenvalue weighted by molar-refractivity contribution is -0.146. The second-order valence-corrected chi connectivity index (χ2v) is 5.92. The van der Waals surface area contributed by atoms with Crippen LogP contribution >= 0.6 is 0 Å². The normalized spacial score (nSPS) is 22.7. The molecule has 4 nitrogen and oxygen atoms in total. The van der Waals surface area contributed by atoms with Gasteiger partial charge < -0.3 is 9.80 Å². The van der Waals surface area contributed by atoms with Crippen LogP contribution in [0.3, 0.4) is 0 Å². The first-order chi connectivity index (χ1) is 10.5. The molecule has 1 saturated carbocycles. The Hall–Kier alpha value is -1.98. The fraction of sp³-hybridized carbons (Fsp3) is 0.500. The van der Waals surface area contributed by atoms with Crippen LogP contribution in [0.1, 0.15) is 26.2 Å². The van der Waals surface area contributed by atoms with Crippen LogP contribution in [-0.2, 0) is 9.59 Å². The van der Waals surface area contributed by atoms with Crippen molar-refractivity contribution in [2.75, 3.05) is 18.0 Å². The zero-order chi connectivity index (χ0) is 15.9. The van der Waals surface area contributed by atoms with Gasteiger partial charge in [0.2, 0.25) is 11.8 Å². The van der Waals surface area contributed by atoms with E-state index in [0.717, 1.165) is 31.4 Å². The summed E-state index contributed by atoms with van der Waals surface area (Å²) in [5, 5.41) is 0. The van der Waals surface area contributed by atoms with Crippen LogP contribution in [-0.4, -0.2) is 35.8 Å². The summed E-state index contributed by atoms with van der Waals surface area (Å²) in [6.07, 6.45) is 2.82. The third kappa shape index (κ3) is 2.46. The number of hydrogen-bond acceptors (Lipinski definition) is 2. The number of hydrogen-bond donors (Lipinski definition) is 0. The number of carbonyl (C=O) groups is 2. The third-order valence-corrected chi connectivity index (χ3v) is 4.59. The summed E-state index contributed by atoms with van der Waals surface area (Å²) in [5.41, 5.74) is 0.0639. The molecule has 0 N–H and O–H groups in total. The monoisotopic (exact) mass is 308 g/mol. The zero-order valence-corrected chi connectivity index (χ0v) is 12.4. The smallest absolute Gasteiger partial charge is 0.249 e. The van der Waals surface area contributed by atoms with Gasteiger partial charge in [-0.25, -0.2) is 8.78 Å². The molecule has 118 valence electrons. The highest BCUT2D eigenvalue weighted by Crippen LogP contribution is 2.31. The second kappa shape index (κ2) is 5.66. The molecule has 6 heteroatoms. The van der Waals surface area contributed by atoms with Gasteiger partial charge in [-0.2, -0.15) is 0 Å². The van der Waals surface area contributed by atoms with Gasteiger partial charge in [-0.3, -0.25) is 9.59 Å². The first-order valence-corrected chi connectivity index (χ1v) is 7.56. The van der Waals surface area contributed by atoms with Crippen LogP contribution in [0.15, 0.2) is 18.2 Å². The van der Waals surface area contributed by atoms with Gasteiger partial charge in [-0.1, -0.05) is 6.42 Å². The van der Waals surface area contributed by atoms with E-state index in [1.54, 1.807) is 11.8 Å². The van der Waals surface area contributed by atoms with Crippen molar-refractivity contribution in [2.45, 2.75) is 32.2 Å². The predicted molar refractivity (Wildman–Crippen MR) is 77.2 cm³/mol. The number of carbonyl (C=O) groups excluding carboxylic acids is 2. The van der Waals surface area contributed by atoms with Gasteiger partial charge in [-0.05, 0) is 31.9 Å². The summed E-state index contributed by atoms with van der Waals surface area (Å²) in [5.74, 6) is -1.72. The Bertz CT molecular complexity index is 616. The standard InChI is InChI=1S/C16H18F2N2O2/c1-10-15(21)20(14-6-5-12(17)9-13(14)18)8-7-19(10)16(22)11-3-2-4-11/h5-6,9-11H,2-4,7-8H2,1H3/t10-/m0/s1. The number of benzene rings is 1. The quantitative estimate of drug-likeness (QED) is 0.841. The van der Waals surface area contributed by atoms with E-state index in [-0.39, 0.29) is 30.0 Å². The molecule has 1 aromatic carbocycles. The predicted octanol–water partition coefficient (Wildman–Crippen LogP) is 2.33. The summed E-state index contributed by atoms with van der Waals surface area (Å²) in [7, 11) is 0. The van der Waals surface area contributed by atoms with E-state index in [4.69, 9.17) is 0 Å². The lowest BCUT2D eigenvalue weighted by Crippen LogP contribution is -2.59. The van der Waals surface area contributed by atoms with Crippen molar-refractivity contribution in [3.63, 3.8) is 0 Å². The van der Waals surface area contributed by atoms with Crippen LogP contribution in [0.5, 0.6) is 0 Å². The fourth-order valence-electron chi connectivity index (χ4n) is 3.00. The Morgan fingerprint density at radius 1 is 1.23 bits per heavy atom. The molecule has 2 aliphatic rings. The highest BCUT2D eigenvalue weighted by molar-refractivity contribution is 6.00. The SMILES string of the molecule is C[C@H]1C(=O)N(c2ccc(F)cc2F)CCN1C(=O)C1CCC1. The second-order valence-electron chi connectivity index (χ2n) is 5.92. The number of nitrogens with zero attached hydrogens (tertiary/aromatic N) is 2. The lowest BCUT2D eigenvalue weighted by atomic mass is 9.84. The van der Waals surface area contributed by atoms with Crippen molar-refractivity contribution in [1.82, 2.24) is 4.90 Å². The summed E-state index contributed by atoms with van der Waals surface area (Å²) < 4.78 is 26.9. The van der Waals surface area contributed by atoms with Crippen LogP contribution in [0, 0.1) is 17.6 Å². The van der Waals surface area contributed by atoms with E-state index in [1.165, 1.54) is 11.0 Å². The molecule has 1 aliphatic carbocycles. The Morgan fingerprint density at radius 2 is 1.95 bits per heavy atom. The van der Waals surface area contributed by atoms with Gasteiger partial charge in [0.15, 0.2) is 0 Å². The maximum absolute atomic E-state index is 13.9. The topological polar surface area (TPSA) is 40.6 Å². The van der Waals surface area contributed by atoms with Crippen LogP contribution in [0.25, 0.3) is 0 Å². The molecule has 0 unspecified atom stereocenters. The molecule has 1 atom stereocenters. The highest BCUT2D eigenvalue weighted by Gasteiger charge is 2.39. The minimum absolute atomic E-state index is 0.0197. The molecule has 22 heavy (non-hydrogen) atoms. The first-order valence-electron chi connectivity index (χ1n) is 7.56. The minimum atomic E-state index is -0.765. The van der Waals surface area contributed by atoms with Gasteiger partial charge in [0.25, 0.3) is 0 Å². The average Bonchev–Trinajstić information content (AvgIpc) is 2.40. The van der Waals surface area contributed by atoms with E-state index in [2.05, 4.69) is 0 Å². The molecule has 2 amide bonds. The molecule has 1 saturated heterocycles. The summed E-state index contributed by atoms with van der Waals surface area (Å²) in [6.45, 7) is 2.26. The van der Waals surface area contributed by atoms with E-state index >= 15 is 0 Å². The Labute approximate surface area is 127 Å². The van der Waals surface area contributed by atoms with Gasteiger partial charge in [0.1, 0.15) is 17.7 Å². The molecule has 1 heterocycles. The number of anilines is 1. The van der Waals surface area contributed by atoms with Crippen molar-refractivity contribution >= 4 is 17.5 Å². The zero-order valence-electron chi connectivity index (χ0n) is 12.4. The molecule has 2 fully saturated rings. The largest absolute Gasteiger partial charge is 0.329 e. The van der Waals surface area contributed by atoms with E-state index in [1.807, 2.05) is 0 Å². The Kier molecular flexibility index (Phi) is 3.85. The summed E-state index contributed by atoms with van der Waals surface area (Å²) >= 11 is 0. The summed E-state index contributed by atoms with van der Waals surface area (Å²) in [4.78, 5) is 27.7. The summed E-state index contributed by atoms with van der Waals surface area (Å²) in [6, 6.07) is 2.53. The van der Waals surface area contributed by atoms with Crippen molar-refractivity contribution < 1.29 is 18.4 Å². The highest BCUT2D eigenvalue weighted by atomic mass is 19.1. The van der Waals surface area contributed by atoms with Gasteiger partial charge in [0, 0.05) is 25.1 Å². The van der Waals surface area contributed by atoms with Crippen molar-refractivity contribution in [1.29, 1.82) is 0 Å². The van der Waals surface area contributed by atoms with Crippen LogP contribution < -0.4 is 4.90 Å².